The van der Waals surface area contributed by atoms with Crippen LogP contribution in [-0.4, -0.2) is 23.0 Å². The van der Waals surface area contributed by atoms with Gasteiger partial charge in [0.1, 0.15) is 5.82 Å². The van der Waals surface area contributed by atoms with Gasteiger partial charge in [0, 0.05) is 6.04 Å². The van der Waals surface area contributed by atoms with E-state index in [1.54, 1.807) is 13.0 Å². The van der Waals surface area contributed by atoms with Crippen molar-refractivity contribution in [2.24, 2.45) is 5.92 Å². The topological polar surface area (TPSA) is 66.4 Å². The molecule has 0 fully saturated rings. The van der Waals surface area contributed by atoms with Crippen molar-refractivity contribution >= 4 is 11.9 Å². The Labute approximate surface area is 118 Å². The van der Waals surface area contributed by atoms with Crippen LogP contribution >= 0.6 is 0 Å². The zero-order valence-corrected chi connectivity index (χ0v) is 11.9. The Bertz CT molecular complexity index is 500. The number of benzene rings is 1. The van der Waals surface area contributed by atoms with Gasteiger partial charge in [0.15, 0.2) is 0 Å². The van der Waals surface area contributed by atoms with Crippen LogP contribution in [0.1, 0.15) is 31.4 Å². The number of nitrogens with one attached hydrogen (secondary N) is 1. The highest BCUT2D eigenvalue weighted by molar-refractivity contribution is 5.80. The summed E-state index contributed by atoms with van der Waals surface area (Å²) in [5.41, 5.74) is 1.45. The van der Waals surface area contributed by atoms with E-state index in [0.29, 0.717) is 5.56 Å². The molecule has 5 heteroatoms. The minimum Gasteiger partial charge on any atom is -0.481 e. The largest absolute Gasteiger partial charge is 0.481 e. The van der Waals surface area contributed by atoms with Gasteiger partial charge in [-0.05, 0) is 36.1 Å². The molecule has 0 radical (unpaired) electrons. The summed E-state index contributed by atoms with van der Waals surface area (Å²) in [5.74, 6) is -1.50. The fraction of sp³-hybridized carbons (Fsp3) is 0.467. The summed E-state index contributed by atoms with van der Waals surface area (Å²) in [4.78, 5) is 22.7. The number of carbonyl (C=O) groups is 2. The van der Waals surface area contributed by atoms with Crippen LogP contribution in [0.2, 0.25) is 0 Å². The van der Waals surface area contributed by atoms with Crippen molar-refractivity contribution in [3.05, 3.63) is 35.1 Å². The third-order valence-corrected chi connectivity index (χ3v) is 3.20. The zero-order chi connectivity index (χ0) is 15.3. The average Bonchev–Trinajstić information content (AvgIpc) is 2.31. The minimum absolute atomic E-state index is 0.0318. The van der Waals surface area contributed by atoms with Gasteiger partial charge in [0.25, 0.3) is 0 Å². The summed E-state index contributed by atoms with van der Waals surface area (Å²) in [7, 11) is 0. The van der Waals surface area contributed by atoms with E-state index in [4.69, 9.17) is 5.11 Å². The van der Waals surface area contributed by atoms with Gasteiger partial charge in [0.05, 0.1) is 12.8 Å². The molecule has 1 atom stereocenters. The summed E-state index contributed by atoms with van der Waals surface area (Å²) in [6, 6.07) is 3.86. The van der Waals surface area contributed by atoms with Gasteiger partial charge in [-0.1, -0.05) is 19.9 Å². The lowest BCUT2D eigenvalue weighted by Crippen LogP contribution is -2.40. The molecule has 0 aliphatic rings. The van der Waals surface area contributed by atoms with Crippen LogP contribution in [0.15, 0.2) is 18.2 Å². The van der Waals surface area contributed by atoms with Gasteiger partial charge in [-0.15, -0.1) is 0 Å². The highest BCUT2D eigenvalue weighted by Crippen LogP contribution is 2.12. The molecule has 0 spiro atoms. The van der Waals surface area contributed by atoms with Crippen LogP contribution in [0.25, 0.3) is 0 Å². The number of rotatable bonds is 6. The van der Waals surface area contributed by atoms with Gasteiger partial charge >= 0.3 is 5.97 Å². The predicted molar refractivity (Wildman–Crippen MR) is 73.9 cm³/mol. The van der Waals surface area contributed by atoms with E-state index in [9.17, 15) is 14.0 Å². The molecule has 0 saturated heterocycles. The minimum atomic E-state index is -0.943. The van der Waals surface area contributed by atoms with E-state index in [1.165, 1.54) is 12.1 Å². The Balaban J connectivity index is 2.68. The monoisotopic (exact) mass is 281 g/mol. The number of halogens is 1. The molecular weight excluding hydrogens is 261 g/mol. The van der Waals surface area contributed by atoms with Crippen LogP contribution in [0.4, 0.5) is 4.39 Å². The number of aliphatic carboxylic acids is 1. The van der Waals surface area contributed by atoms with Crippen molar-refractivity contribution in [1.29, 1.82) is 0 Å². The van der Waals surface area contributed by atoms with Gasteiger partial charge < -0.3 is 10.4 Å². The highest BCUT2D eigenvalue weighted by Gasteiger charge is 2.19. The number of carboxylic acids is 1. The lowest BCUT2D eigenvalue weighted by Gasteiger charge is -2.20. The lowest BCUT2D eigenvalue weighted by molar-refractivity contribution is -0.138. The number of hydrogen-bond donors (Lipinski definition) is 2. The van der Waals surface area contributed by atoms with Crippen LogP contribution in [0, 0.1) is 18.7 Å². The fourth-order valence-electron chi connectivity index (χ4n) is 1.93. The Morgan fingerprint density at radius 3 is 2.50 bits per heavy atom. The summed E-state index contributed by atoms with van der Waals surface area (Å²) in [6.07, 6.45) is 0.0146. The molecule has 0 aromatic heterocycles. The SMILES string of the molecule is Cc1cc(F)ccc1CC(=O)NC(CC(=O)O)C(C)C. The summed E-state index contributed by atoms with van der Waals surface area (Å²) in [5, 5.41) is 11.5. The molecule has 0 aliphatic carbocycles. The molecular formula is C15H20FNO3. The van der Waals surface area contributed by atoms with Gasteiger partial charge in [0.2, 0.25) is 5.91 Å². The summed E-state index contributed by atoms with van der Waals surface area (Å²) < 4.78 is 13.0. The first-order valence-corrected chi connectivity index (χ1v) is 6.55. The first kappa shape index (κ1) is 16.1. The molecule has 0 heterocycles. The van der Waals surface area contributed by atoms with Gasteiger partial charge in [-0.25, -0.2) is 4.39 Å². The molecule has 1 rings (SSSR count). The van der Waals surface area contributed by atoms with Gasteiger partial charge in [-0.2, -0.15) is 0 Å². The number of aryl methyl sites for hydroxylation is 1. The van der Waals surface area contributed by atoms with Crippen LogP contribution in [0.5, 0.6) is 0 Å². The second kappa shape index (κ2) is 7.03. The van der Waals surface area contributed by atoms with Crippen LogP contribution in [-0.2, 0) is 16.0 Å². The number of amides is 1. The molecule has 4 nitrogen and oxygen atoms in total. The second-order valence-corrected chi connectivity index (χ2v) is 5.26. The van der Waals surface area contributed by atoms with Crippen molar-refractivity contribution in [3.8, 4) is 0 Å². The van der Waals surface area contributed by atoms with Crippen molar-refractivity contribution in [2.75, 3.05) is 0 Å². The van der Waals surface area contributed by atoms with E-state index in [0.717, 1.165) is 5.56 Å². The quantitative estimate of drug-likeness (QED) is 0.840. The maximum absolute atomic E-state index is 13.0. The van der Waals surface area contributed by atoms with E-state index >= 15 is 0 Å². The Morgan fingerprint density at radius 1 is 1.35 bits per heavy atom. The second-order valence-electron chi connectivity index (χ2n) is 5.26. The molecule has 0 saturated carbocycles. The molecule has 1 aromatic rings. The van der Waals surface area contributed by atoms with Crippen molar-refractivity contribution in [2.45, 2.75) is 39.7 Å². The van der Waals surface area contributed by atoms with E-state index in [-0.39, 0.29) is 30.5 Å². The number of carboxylic acid groups (broad SMARTS) is 1. The lowest BCUT2D eigenvalue weighted by atomic mass is 10.00. The van der Waals surface area contributed by atoms with Crippen molar-refractivity contribution in [3.63, 3.8) is 0 Å². The normalized spacial score (nSPS) is 12.2. The third kappa shape index (κ3) is 4.99. The molecule has 110 valence electrons. The fourth-order valence-corrected chi connectivity index (χ4v) is 1.93. The average molecular weight is 281 g/mol. The maximum atomic E-state index is 13.0. The first-order valence-electron chi connectivity index (χ1n) is 6.55. The number of carbonyl (C=O) groups excluding carboxylic acids is 1. The standard InChI is InChI=1S/C15H20FNO3/c1-9(2)13(8-15(19)20)17-14(18)7-11-4-5-12(16)6-10(11)3/h4-6,9,13H,7-8H2,1-3H3,(H,17,18)(H,19,20). The summed E-state index contributed by atoms with van der Waals surface area (Å²) in [6.45, 7) is 5.46. The Hall–Kier alpha value is -1.91. The van der Waals surface area contributed by atoms with E-state index in [1.807, 2.05) is 13.8 Å². The number of hydrogen-bond acceptors (Lipinski definition) is 2. The zero-order valence-electron chi connectivity index (χ0n) is 11.9. The van der Waals surface area contributed by atoms with Crippen LogP contribution in [0.3, 0.4) is 0 Å². The third-order valence-electron chi connectivity index (χ3n) is 3.20. The first-order chi connectivity index (χ1) is 9.29. The molecule has 1 unspecified atom stereocenters. The van der Waals surface area contributed by atoms with Gasteiger partial charge in [-0.3, -0.25) is 9.59 Å². The highest BCUT2D eigenvalue weighted by atomic mass is 19.1. The Kier molecular flexibility index (Phi) is 5.67. The molecule has 0 aliphatic heterocycles. The Morgan fingerprint density at radius 2 is 2.00 bits per heavy atom. The molecule has 1 aromatic carbocycles. The molecule has 1 amide bonds. The smallest absolute Gasteiger partial charge is 0.305 e. The molecule has 0 bridgehead atoms. The van der Waals surface area contributed by atoms with Crippen molar-refractivity contribution < 1.29 is 19.1 Å². The van der Waals surface area contributed by atoms with E-state index in [2.05, 4.69) is 5.32 Å². The predicted octanol–water partition coefficient (Wildman–Crippen LogP) is 2.29. The van der Waals surface area contributed by atoms with E-state index < -0.39 is 12.0 Å². The maximum Gasteiger partial charge on any atom is 0.305 e. The van der Waals surface area contributed by atoms with Crippen molar-refractivity contribution in [1.82, 2.24) is 5.32 Å². The molecule has 2 N–H and O–H groups in total. The summed E-state index contributed by atoms with van der Waals surface area (Å²) >= 11 is 0. The van der Waals surface area contributed by atoms with Crippen LogP contribution < -0.4 is 5.32 Å². The molecule has 20 heavy (non-hydrogen) atoms.